The topological polar surface area (TPSA) is 183 Å². The number of rotatable bonds is 13. The van der Waals surface area contributed by atoms with Gasteiger partial charge in [0.15, 0.2) is 5.96 Å². The smallest absolute Gasteiger partial charge is 0.306 e. The van der Waals surface area contributed by atoms with Gasteiger partial charge in [0.1, 0.15) is 12.1 Å². The molecule has 3 aliphatic rings. The van der Waals surface area contributed by atoms with Crippen molar-refractivity contribution in [3.05, 3.63) is 35.9 Å². The monoisotopic (exact) mass is 674 g/mol. The Hall–Kier alpha value is -3.52. The molecule has 1 aromatic carbocycles. The number of esters is 1. The van der Waals surface area contributed by atoms with Crippen LogP contribution in [-0.2, 0) is 40.4 Å². The van der Waals surface area contributed by atoms with Crippen LogP contribution in [0.2, 0.25) is 0 Å². The zero-order valence-electron chi connectivity index (χ0n) is 27.4. The van der Waals surface area contributed by atoms with Crippen molar-refractivity contribution in [3.63, 3.8) is 0 Å². The second-order valence-corrected chi connectivity index (χ2v) is 15.1. The van der Waals surface area contributed by atoms with Crippen LogP contribution < -0.4 is 11.1 Å². The highest BCUT2D eigenvalue weighted by atomic mass is 32.2. The van der Waals surface area contributed by atoms with E-state index in [4.69, 9.17) is 15.9 Å². The molecule has 1 saturated carbocycles. The third kappa shape index (κ3) is 10.7. The number of hydrogen-bond acceptors (Lipinski definition) is 8. The molecular weight excluding hydrogens is 624 g/mol. The van der Waals surface area contributed by atoms with Crippen LogP contribution in [-0.4, -0.2) is 103 Å². The fourth-order valence-electron chi connectivity index (χ4n) is 6.88. The van der Waals surface area contributed by atoms with E-state index in [0.29, 0.717) is 57.8 Å². The van der Waals surface area contributed by atoms with E-state index >= 15 is 0 Å². The summed E-state index contributed by atoms with van der Waals surface area (Å²) in [7, 11) is -3.85. The molecule has 0 spiro atoms. The Morgan fingerprint density at radius 2 is 1.64 bits per heavy atom. The molecule has 2 atom stereocenters. The molecule has 0 aromatic heterocycles. The number of nitrogens with one attached hydrogen (secondary N) is 2. The first-order chi connectivity index (χ1) is 22.4. The minimum Gasteiger partial charge on any atom is -0.465 e. The van der Waals surface area contributed by atoms with Gasteiger partial charge in [-0.3, -0.25) is 29.9 Å². The summed E-state index contributed by atoms with van der Waals surface area (Å²) < 4.78 is 33.1. The van der Waals surface area contributed by atoms with Crippen LogP contribution in [0.1, 0.15) is 76.2 Å². The lowest BCUT2D eigenvalue weighted by Crippen LogP contribution is -2.56. The number of ether oxygens (including phenoxy) is 1. The molecule has 1 aliphatic carbocycles. The summed E-state index contributed by atoms with van der Waals surface area (Å²) in [5.74, 6) is -1.64. The van der Waals surface area contributed by atoms with Gasteiger partial charge in [0, 0.05) is 32.6 Å². The van der Waals surface area contributed by atoms with Gasteiger partial charge in [-0.2, -0.15) is 4.31 Å². The van der Waals surface area contributed by atoms with E-state index in [1.54, 1.807) is 4.90 Å². The summed E-state index contributed by atoms with van der Waals surface area (Å²) in [6.45, 7) is 1.67. The van der Waals surface area contributed by atoms with Gasteiger partial charge in [-0.1, -0.05) is 49.6 Å². The van der Waals surface area contributed by atoms with Crippen LogP contribution in [0.15, 0.2) is 30.3 Å². The van der Waals surface area contributed by atoms with Gasteiger partial charge in [-0.15, -0.1) is 0 Å². The molecule has 2 aliphatic heterocycles. The molecule has 4 N–H and O–H groups in total. The van der Waals surface area contributed by atoms with Gasteiger partial charge in [-0.05, 0) is 62.3 Å². The van der Waals surface area contributed by atoms with Crippen molar-refractivity contribution in [1.29, 1.82) is 5.41 Å². The molecule has 0 radical (unpaired) electrons. The van der Waals surface area contributed by atoms with Crippen LogP contribution in [0.4, 0.5) is 0 Å². The predicted molar refractivity (Wildman–Crippen MR) is 176 cm³/mol. The van der Waals surface area contributed by atoms with Gasteiger partial charge in [0.2, 0.25) is 27.7 Å². The van der Waals surface area contributed by atoms with Gasteiger partial charge < -0.3 is 20.3 Å². The second kappa shape index (κ2) is 17.0. The lowest BCUT2D eigenvalue weighted by molar-refractivity contribution is -0.146. The summed E-state index contributed by atoms with van der Waals surface area (Å²) >= 11 is 0. The van der Waals surface area contributed by atoms with Crippen molar-refractivity contribution in [3.8, 4) is 0 Å². The van der Waals surface area contributed by atoms with Crippen molar-refractivity contribution in [2.45, 2.75) is 89.1 Å². The summed E-state index contributed by atoms with van der Waals surface area (Å²) in [6, 6.07) is 7.38. The molecule has 14 heteroatoms. The highest BCUT2D eigenvalue weighted by Crippen LogP contribution is 2.27. The summed E-state index contributed by atoms with van der Waals surface area (Å²) in [6.07, 6.45) is 8.94. The van der Waals surface area contributed by atoms with Gasteiger partial charge >= 0.3 is 5.97 Å². The Balaban J connectivity index is 1.31. The van der Waals surface area contributed by atoms with Crippen molar-refractivity contribution >= 4 is 39.7 Å². The molecule has 13 nitrogen and oxygen atoms in total. The number of carbonyl (C=O) groups excluding carboxylic acids is 4. The maximum Gasteiger partial charge on any atom is 0.306 e. The molecule has 260 valence electrons. The first kappa shape index (κ1) is 36.3. The summed E-state index contributed by atoms with van der Waals surface area (Å²) in [5, 5.41) is 11.0. The maximum atomic E-state index is 13.9. The Morgan fingerprint density at radius 3 is 2.28 bits per heavy atom. The number of likely N-dealkylation sites (tertiary alicyclic amines) is 2. The van der Waals surface area contributed by atoms with Crippen molar-refractivity contribution in [1.82, 2.24) is 19.4 Å². The fraction of sp³-hybridized carbons (Fsp3) is 0.667. The van der Waals surface area contributed by atoms with E-state index in [-0.39, 0.29) is 37.7 Å². The number of carbonyl (C=O) groups is 4. The molecule has 47 heavy (non-hydrogen) atoms. The molecule has 1 aromatic rings. The SMILES string of the molecule is CS(=O)(=O)N(CC1CCN(C(=N)NC(=O)CCC(=O)OCC2CCCCC2)CC1)[C@H](Cc1ccccc1)C(=O)N1CCC[C@H]1C(N)=O. The number of sulfonamides is 1. The van der Waals surface area contributed by atoms with Gasteiger partial charge in [0.25, 0.3) is 0 Å². The van der Waals surface area contributed by atoms with Crippen LogP contribution in [0, 0.1) is 17.2 Å². The zero-order valence-corrected chi connectivity index (χ0v) is 28.2. The number of nitrogens with two attached hydrogens (primary N) is 1. The van der Waals surface area contributed by atoms with Crippen LogP contribution in [0.3, 0.4) is 0 Å². The number of piperidine rings is 1. The Kier molecular flexibility index (Phi) is 13.2. The first-order valence-corrected chi connectivity index (χ1v) is 18.7. The van der Waals surface area contributed by atoms with Gasteiger partial charge in [0.05, 0.1) is 19.3 Å². The Bertz CT molecular complexity index is 1360. The number of nitrogens with zero attached hydrogens (tertiary/aromatic N) is 3. The standard InChI is InChI=1S/C33H50N6O7S/c1-47(44,45)39(28(21-24-9-4-2-5-10-24)32(43)38-18-8-13-27(38)31(34)42)22-25-16-19-37(20-17-25)33(35)36-29(40)14-15-30(41)46-23-26-11-6-3-7-12-26/h2,4-5,9-10,25-28H,3,6-8,11-23H2,1H3,(H2,34,42)(H2,35,36,40)/t27-,28+/m0/s1. The lowest BCUT2D eigenvalue weighted by atomic mass is 9.90. The third-order valence-corrected chi connectivity index (χ3v) is 10.8. The van der Waals surface area contributed by atoms with Crippen LogP contribution in [0.5, 0.6) is 0 Å². The average molecular weight is 675 g/mol. The molecular formula is C33H50N6O7S. The number of benzene rings is 1. The van der Waals surface area contributed by atoms with Crippen LogP contribution in [0.25, 0.3) is 0 Å². The summed E-state index contributed by atoms with van der Waals surface area (Å²) in [4.78, 5) is 53.8. The van der Waals surface area contributed by atoms with Gasteiger partial charge in [-0.25, -0.2) is 8.42 Å². The molecule has 2 heterocycles. The number of amides is 3. The largest absolute Gasteiger partial charge is 0.465 e. The van der Waals surface area contributed by atoms with E-state index < -0.39 is 45.8 Å². The molecule has 3 fully saturated rings. The zero-order chi connectivity index (χ0) is 34.0. The highest BCUT2D eigenvalue weighted by molar-refractivity contribution is 7.88. The normalized spacial score (nSPS) is 20.2. The molecule has 4 rings (SSSR count). The van der Waals surface area contributed by atoms with E-state index in [1.165, 1.54) is 15.6 Å². The van der Waals surface area contributed by atoms with Crippen LogP contribution >= 0.6 is 0 Å². The molecule has 0 unspecified atom stereocenters. The summed E-state index contributed by atoms with van der Waals surface area (Å²) in [5.41, 5.74) is 6.39. The minimum atomic E-state index is -3.85. The van der Waals surface area contributed by atoms with Crippen molar-refractivity contribution in [2.75, 3.05) is 39.0 Å². The lowest BCUT2D eigenvalue weighted by Gasteiger charge is -2.38. The fourth-order valence-corrected chi connectivity index (χ4v) is 7.99. The first-order valence-electron chi connectivity index (χ1n) is 16.8. The highest BCUT2D eigenvalue weighted by Gasteiger charge is 2.42. The quantitative estimate of drug-likeness (QED) is 0.161. The van der Waals surface area contributed by atoms with Crippen molar-refractivity contribution in [2.24, 2.45) is 17.6 Å². The van der Waals surface area contributed by atoms with E-state index in [1.807, 2.05) is 30.3 Å². The molecule has 3 amide bonds. The Morgan fingerprint density at radius 1 is 0.957 bits per heavy atom. The minimum absolute atomic E-state index is 0.0459. The van der Waals surface area contributed by atoms with E-state index in [9.17, 15) is 27.6 Å². The number of primary amides is 1. The Labute approximate surface area is 278 Å². The van der Waals surface area contributed by atoms with Crippen molar-refractivity contribution < 1.29 is 32.3 Å². The third-order valence-electron chi connectivity index (χ3n) is 9.58. The van der Waals surface area contributed by atoms with E-state index in [0.717, 1.165) is 37.5 Å². The molecule has 2 saturated heterocycles. The maximum absolute atomic E-state index is 13.9. The van der Waals surface area contributed by atoms with E-state index in [2.05, 4.69) is 5.32 Å². The second-order valence-electron chi connectivity index (χ2n) is 13.1. The average Bonchev–Trinajstić information content (AvgIpc) is 3.56. The number of hydrogen-bond donors (Lipinski definition) is 3. The molecule has 0 bridgehead atoms. The number of guanidine groups is 1. The predicted octanol–water partition coefficient (Wildman–Crippen LogP) is 2.00.